The highest BCUT2D eigenvalue weighted by atomic mass is 16.5. The van der Waals surface area contributed by atoms with Crippen LogP contribution >= 0.6 is 0 Å². The second-order valence-electron chi connectivity index (χ2n) is 7.17. The number of carboxylic acids is 4. The Bertz CT molecular complexity index is 886. The minimum Gasteiger partial charge on any atom is -0.493 e. The number of benzene rings is 2. The Morgan fingerprint density at radius 2 is 0.939 bits per heavy atom. The van der Waals surface area contributed by atoms with Crippen LogP contribution in [0.1, 0.15) is 42.2 Å². The van der Waals surface area contributed by atoms with E-state index in [1.165, 1.54) is 24.3 Å². The highest BCUT2D eigenvalue weighted by Gasteiger charge is 2.24. The summed E-state index contributed by atoms with van der Waals surface area (Å²) < 4.78 is 11.1. The Morgan fingerprint density at radius 1 is 0.606 bits per heavy atom. The van der Waals surface area contributed by atoms with E-state index in [1.807, 2.05) is 0 Å². The summed E-state index contributed by atoms with van der Waals surface area (Å²) in [6.45, 7) is 0.628. The summed E-state index contributed by atoms with van der Waals surface area (Å²) >= 11 is 0. The molecule has 0 amide bonds. The highest BCUT2D eigenvalue weighted by Crippen LogP contribution is 2.24. The summed E-state index contributed by atoms with van der Waals surface area (Å²) in [7, 11) is 0. The maximum Gasteiger partial charge on any atom is 0.311 e. The van der Waals surface area contributed by atoms with Gasteiger partial charge in [-0.3, -0.25) is 19.2 Å². The van der Waals surface area contributed by atoms with Crippen LogP contribution in [0.15, 0.2) is 48.5 Å². The highest BCUT2D eigenvalue weighted by molar-refractivity contribution is 5.83. The van der Waals surface area contributed by atoms with Gasteiger partial charge in [-0.2, -0.15) is 0 Å². The number of hydrogen-bond donors (Lipinski definition) is 4. The third-order valence-electron chi connectivity index (χ3n) is 4.74. The third kappa shape index (κ3) is 8.17. The van der Waals surface area contributed by atoms with Crippen LogP contribution in [0.4, 0.5) is 0 Å². The summed E-state index contributed by atoms with van der Waals surface area (Å²) in [6.07, 6.45) is -0.494. The Hall–Kier alpha value is -4.08. The third-order valence-corrected chi connectivity index (χ3v) is 4.74. The van der Waals surface area contributed by atoms with Crippen molar-refractivity contribution in [3.8, 4) is 11.5 Å². The zero-order valence-electron chi connectivity index (χ0n) is 17.5. The van der Waals surface area contributed by atoms with Gasteiger partial charge in [-0.05, 0) is 35.4 Å². The van der Waals surface area contributed by atoms with E-state index >= 15 is 0 Å². The van der Waals surface area contributed by atoms with E-state index in [9.17, 15) is 29.4 Å². The number of aliphatic carboxylic acids is 4. The summed E-state index contributed by atoms with van der Waals surface area (Å²) in [6, 6.07) is 12.4. The fourth-order valence-corrected chi connectivity index (χ4v) is 3.08. The van der Waals surface area contributed by atoms with Gasteiger partial charge in [-0.15, -0.1) is 0 Å². The van der Waals surface area contributed by atoms with Gasteiger partial charge in [0, 0.05) is 6.42 Å². The maximum absolute atomic E-state index is 11.2. The van der Waals surface area contributed by atoms with Crippen LogP contribution in [0.3, 0.4) is 0 Å². The van der Waals surface area contributed by atoms with Crippen molar-refractivity contribution in [1.82, 2.24) is 0 Å². The Labute approximate surface area is 189 Å². The fourth-order valence-electron chi connectivity index (χ4n) is 3.08. The van der Waals surface area contributed by atoms with Crippen molar-refractivity contribution < 1.29 is 49.1 Å². The molecule has 0 spiro atoms. The normalized spacial score (nSPS) is 12.4. The van der Waals surface area contributed by atoms with Crippen LogP contribution in [-0.4, -0.2) is 57.5 Å². The quantitative estimate of drug-likeness (QED) is 0.308. The molecule has 0 aliphatic heterocycles. The number of rotatable bonds is 14. The molecule has 10 heteroatoms. The number of carboxylic acid groups (broad SMARTS) is 4. The molecule has 0 bridgehead atoms. The van der Waals surface area contributed by atoms with E-state index < -0.39 is 48.6 Å². The van der Waals surface area contributed by atoms with E-state index in [0.717, 1.165) is 0 Å². The molecule has 2 aromatic rings. The predicted octanol–water partition coefficient (Wildman–Crippen LogP) is 2.82. The first kappa shape index (κ1) is 25.2. The van der Waals surface area contributed by atoms with Gasteiger partial charge in [-0.1, -0.05) is 24.3 Å². The lowest BCUT2D eigenvalue weighted by atomic mass is 9.96. The molecule has 0 unspecified atom stereocenters. The first-order valence-electron chi connectivity index (χ1n) is 10.0. The smallest absolute Gasteiger partial charge is 0.311 e. The number of hydrogen-bond acceptors (Lipinski definition) is 6. The van der Waals surface area contributed by atoms with Crippen LogP contribution in [0.25, 0.3) is 0 Å². The van der Waals surface area contributed by atoms with Crippen LogP contribution in [0, 0.1) is 0 Å². The standard InChI is InChI=1S/C23H24O10/c24-20(25)12-18(22(28)29)14-2-6-16(7-3-14)32-10-1-11-33-17-8-4-15(5-9-17)19(23(30)31)13-21(26)27/h2-9,18-19H,1,10-13H2,(H,24,25)(H,26,27)(H,28,29)(H,30,31)/t18-,19+. The van der Waals surface area contributed by atoms with E-state index in [1.54, 1.807) is 24.3 Å². The lowest BCUT2D eigenvalue weighted by molar-refractivity contribution is -0.145. The SMILES string of the molecule is O=C(O)C[C@H](C(=O)O)c1ccc(OCCCOc2ccc([C@@H](CC(=O)O)C(=O)O)cc2)cc1. The average molecular weight is 460 g/mol. The van der Waals surface area contributed by atoms with Gasteiger partial charge in [-0.25, -0.2) is 0 Å². The van der Waals surface area contributed by atoms with Crippen molar-refractivity contribution in [3.05, 3.63) is 59.7 Å². The topological polar surface area (TPSA) is 168 Å². The molecule has 2 atom stereocenters. The Kier molecular flexibility index (Phi) is 9.22. The zero-order valence-corrected chi connectivity index (χ0v) is 17.5. The maximum atomic E-state index is 11.2. The second kappa shape index (κ2) is 12.1. The molecule has 4 N–H and O–H groups in total. The predicted molar refractivity (Wildman–Crippen MR) is 114 cm³/mol. The molecule has 2 rings (SSSR count). The van der Waals surface area contributed by atoms with Crippen molar-refractivity contribution in [2.75, 3.05) is 13.2 Å². The number of carbonyl (C=O) groups is 4. The molecule has 176 valence electrons. The number of ether oxygens (including phenoxy) is 2. The van der Waals surface area contributed by atoms with Crippen molar-refractivity contribution in [1.29, 1.82) is 0 Å². The van der Waals surface area contributed by atoms with E-state index in [4.69, 9.17) is 19.7 Å². The van der Waals surface area contributed by atoms with E-state index in [2.05, 4.69) is 0 Å². The lowest BCUT2D eigenvalue weighted by Crippen LogP contribution is -2.15. The van der Waals surface area contributed by atoms with Gasteiger partial charge in [0.15, 0.2) is 0 Å². The van der Waals surface area contributed by atoms with Crippen molar-refractivity contribution in [2.24, 2.45) is 0 Å². The van der Waals surface area contributed by atoms with Gasteiger partial charge in [0.1, 0.15) is 11.5 Å². The molecule has 0 saturated carbocycles. The average Bonchev–Trinajstić information content (AvgIpc) is 2.76. The van der Waals surface area contributed by atoms with Crippen LogP contribution in [0.2, 0.25) is 0 Å². The largest absolute Gasteiger partial charge is 0.493 e. The molecule has 0 fully saturated rings. The summed E-state index contributed by atoms with van der Waals surface area (Å²) in [5.74, 6) is -6.08. The molecule has 0 aliphatic rings. The van der Waals surface area contributed by atoms with Gasteiger partial charge < -0.3 is 29.9 Å². The second-order valence-corrected chi connectivity index (χ2v) is 7.17. The van der Waals surface area contributed by atoms with Crippen LogP contribution in [-0.2, 0) is 19.2 Å². The first-order valence-corrected chi connectivity index (χ1v) is 10.0. The Balaban J connectivity index is 1.79. The molecule has 0 aliphatic carbocycles. The monoisotopic (exact) mass is 460 g/mol. The molecule has 0 radical (unpaired) electrons. The van der Waals surface area contributed by atoms with Crippen LogP contribution < -0.4 is 9.47 Å². The van der Waals surface area contributed by atoms with Gasteiger partial charge in [0.25, 0.3) is 0 Å². The lowest BCUT2D eigenvalue weighted by Gasteiger charge is -2.13. The van der Waals surface area contributed by atoms with Gasteiger partial charge in [0.05, 0.1) is 37.9 Å². The first-order chi connectivity index (χ1) is 15.7. The fraction of sp³-hybridized carbons (Fsp3) is 0.304. The van der Waals surface area contributed by atoms with Crippen LogP contribution in [0.5, 0.6) is 11.5 Å². The molecule has 2 aromatic carbocycles. The van der Waals surface area contributed by atoms with Gasteiger partial charge >= 0.3 is 23.9 Å². The van der Waals surface area contributed by atoms with Crippen molar-refractivity contribution in [2.45, 2.75) is 31.1 Å². The van der Waals surface area contributed by atoms with E-state index in [-0.39, 0.29) is 0 Å². The molecular formula is C23H24O10. The summed E-state index contributed by atoms with van der Waals surface area (Å²) in [5, 5.41) is 36.1. The molecule has 33 heavy (non-hydrogen) atoms. The molecule has 0 saturated heterocycles. The summed E-state index contributed by atoms with van der Waals surface area (Å²) in [5.41, 5.74) is 0.745. The molecule has 0 heterocycles. The zero-order chi connectivity index (χ0) is 24.4. The summed E-state index contributed by atoms with van der Waals surface area (Å²) in [4.78, 5) is 44.1. The molecular weight excluding hydrogens is 436 g/mol. The molecule has 10 nitrogen and oxygen atoms in total. The van der Waals surface area contributed by atoms with Crippen molar-refractivity contribution >= 4 is 23.9 Å². The Morgan fingerprint density at radius 3 is 1.21 bits per heavy atom. The molecule has 0 aromatic heterocycles. The van der Waals surface area contributed by atoms with E-state index in [0.29, 0.717) is 42.3 Å². The van der Waals surface area contributed by atoms with Gasteiger partial charge in [0.2, 0.25) is 0 Å². The minimum absolute atomic E-state index is 0.314. The van der Waals surface area contributed by atoms with Crippen molar-refractivity contribution in [3.63, 3.8) is 0 Å². The minimum atomic E-state index is -1.21.